The molecular formula is C13H11FN2O3. The lowest BCUT2D eigenvalue weighted by Crippen LogP contribution is -1.99. The van der Waals surface area contributed by atoms with E-state index in [-0.39, 0.29) is 11.4 Å². The fourth-order valence-electron chi connectivity index (χ4n) is 1.65. The standard InChI is InChI=1S/C13H11FN2O3/c1-19-13-8-9(14)6-7-11(13)15-10-4-2-3-5-12(10)16(17)18/h2-8,15H,1H3. The maximum Gasteiger partial charge on any atom is 0.292 e. The molecule has 0 spiro atoms. The van der Waals surface area contributed by atoms with Crippen LogP contribution in [0.25, 0.3) is 0 Å². The van der Waals surface area contributed by atoms with Crippen LogP contribution in [0.1, 0.15) is 0 Å². The van der Waals surface area contributed by atoms with Crippen LogP contribution in [0.3, 0.4) is 0 Å². The first-order chi connectivity index (χ1) is 9.11. The van der Waals surface area contributed by atoms with Crippen LogP contribution in [0.5, 0.6) is 5.75 Å². The van der Waals surface area contributed by atoms with E-state index in [1.165, 1.54) is 31.4 Å². The molecule has 19 heavy (non-hydrogen) atoms. The number of hydrogen-bond acceptors (Lipinski definition) is 4. The average Bonchev–Trinajstić information content (AvgIpc) is 2.41. The van der Waals surface area contributed by atoms with Crippen LogP contribution in [0.15, 0.2) is 42.5 Å². The van der Waals surface area contributed by atoms with Crippen molar-refractivity contribution in [1.29, 1.82) is 0 Å². The van der Waals surface area contributed by atoms with Crippen molar-refractivity contribution >= 4 is 17.1 Å². The number of nitrogens with one attached hydrogen (secondary N) is 1. The number of nitrogens with zero attached hydrogens (tertiary/aromatic N) is 1. The average molecular weight is 262 g/mol. The number of para-hydroxylation sites is 2. The van der Waals surface area contributed by atoms with Crippen LogP contribution in [-0.2, 0) is 0 Å². The van der Waals surface area contributed by atoms with Gasteiger partial charge < -0.3 is 10.1 Å². The molecule has 0 heterocycles. The Kier molecular flexibility index (Phi) is 3.61. The van der Waals surface area contributed by atoms with E-state index in [0.29, 0.717) is 11.4 Å². The minimum absolute atomic E-state index is 0.0612. The van der Waals surface area contributed by atoms with Crippen LogP contribution in [0.2, 0.25) is 0 Å². The van der Waals surface area contributed by atoms with Gasteiger partial charge in [0.15, 0.2) is 0 Å². The van der Waals surface area contributed by atoms with Gasteiger partial charge in [-0.05, 0) is 18.2 Å². The van der Waals surface area contributed by atoms with Gasteiger partial charge in [-0.2, -0.15) is 0 Å². The Bertz CT molecular complexity index is 617. The molecule has 98 valence electrons. The fourth-order valence-corrected chi connectivity index (χ4v) is 1.65. The number of rotatable bonds is 4. The van der Waals surface area contributed by atoms with Crippen LogP contribution in [-0.4, -0.2) is 12.0 Å². The number of hydrogen-bond donors (Lipinski definition) is 1. The van der Waals surface area contributed by atoms with E-state index < -0.39 is 10.7 Å². The molecule has 2 aromatic carbocycles. The molecule has 0 bridgehead atoms. The smallest absolute Gasteiger partial charge is 0.292 e. The van der Waals surface area contributed by atoms with Gasteiger partial charge in [-0.3, -0.25) is 10.1 Å². The lowest BCUT2D eigenvalue weighted by atomic mass is 10.2. The molecule has 0 aliphatic rings. The van der Waals surface area contributed by atoms with Gasteiger partial charge in [0.2, 0.25) is 0 Å². The molecule has 0 saturated heterocycles. The summed E-state index contributed by atoms with van der Waals surface area (Å²) in [6.07, 6.45) is 0. The number of ether oxygens (including phenoxy) is 1. The summed E-state index contributed by atoms with van der Waals surface area (Å²) in [5.41, 5.74) is 0.712. The van der Waals surface area contributed by atoms with Crippen molar-refractivity contribution in [3.63, 3.8) is 0 Å². The molecule has 2 aromatic rings. The summed E-state index contributed by atoms with van der Waals surface area (Å²) >= 11 is 0. The largest absolute Gasteiger partial charge is 0.494 e. The molecule has 6 heteroatoms. The molecule has 0 aromatic heterocycles. The van der Waals surface area contributed by atoms with Gasteiger partial charge in [0.25, 0.3) is 5.69 Å². The second-order valence-electron chi connectivity index (χ2n) is 3.74. The Morgan fingerprint density at radius 3 is 2.63 bits per heavy atom. The number of benzene rings is 2. The van der Waals surface area contributed by atoms with Crippen molar-refractivity contribution in [2.75, 3.05) is 12.4 Å². The van der Waals surface area contributed by atoms with E-state index in [4.69, 9.17) is 4.74 Å². The first kappa shape index (κ1) is 12.8. The molecule has 0 aliphatic carbocycles. The van der Waals surface area contributed by atoms with E-state index in [2.05, 4.69) is 5.32 Å². The van der Waals surface area contributed by atoms with E-state index >= 15 is 0 Å². The third-order valence-corrected chi connectivity index (χ3v) is 2.53. The predicted octanol–water partition coefficient (Wildman–Crippen LogP) is 3.49. The molecule has 0 unspecified atom stereocenters. The van der Waals surface area contributed by atoms with Gasteiger partial charge in [-0.15, -0.1) is 0 Å². The molecule has 0 fully saturated rings. The summed E-state index contributed by atoms with van der Waals surface area (Å²) < 4.78 is 18.1. The number of halogens is 1. The van der Waals surface area contributed by atoms with Crippen molar-refractivity contribution in [3.8, 4) is 5.75 Å². The minimum atomic E-state index is -0.488. The second-order valence-corrected chi connectivity index (χ2v) is 3.74. The van der Waals surface area contributed by atoms with Crippen LogP contribution >= 0.6 is 0 Å². The maximum atomic E-state index is 13.1. The van der Waals surface area contributed by atoms with E-state index in [9.17, 15) is 14.5 Å². The summed E-state index contributed by atoms with van der Waals surface area (Å²) in [5, 5.41) is 13.8. The molecule has 0 saturated carbocycles. The minimum Gasteiger partial charge on any atom is -0.494 e. The van der Waals surface area contributed by atoms with E-state index in [1.807, 2.05) is 0 Å². The highest BCUT2D eigenvalue weighted by molar-refractivity contribution is 5.72. The summed E-state index contributed by atoms with van der Waals surface area (Å²) in [6, 6.07) is 10.1. The Morgan fingerprint density at radius 2 is 1.95 bits per heavy atom. The SMILES string of the molecule is COc1cc(F)ccc1Nc1ccccc1[N+](=O)[O-]. The summed E-state index contributed by atoms with van der Waals surface area (Å²) in [7, 11) is 1.40. The quantitative estimate of drug-likeness (QED) is 0.676. The molecule has 0 atom stereocenters. The summed E-state index contributed by atoms with van der Waals surface area (Å²) in [4.78, 5) is 10.4. The van der Waals surface area contributed by atoms with Crippen molar-refractivity contribution in [3.05, 3.63) is 58.4 Å². The number of nitro benzene ring substituents is 1. The normalized spacial score (nSPS) is 10.0. The van der Waals surface area contributed by atoms with Gasteiger partial charge in [0.1, 0.15) is 17.3 Å². The van der Waals surface area contributed by atoms with Gasteiger partial charge in [0, 0.05) is 12.1 Å². The topological polar surface area (TPSA) is 64.4 Å². The van der Waals surface area contributed by atoms with Crippen LogP contribution < -0.4 is 10.1 Å². The molecule has 2 rings (SSSR count). The molecule has 0 amide bonds. The Balaban J connectivity index is 2.39. The zero-order chi connectivity index (χ0) is 13.8. The molecule has 5 nitrogen and oxygen atoms in total. The Labute approximate surface area is 108 Å². The van der Waals surface area contributed by atoms with Crippen LogP contribution in [0.4, 0.5) is 21.5 Å². The highest BCUT2D eigenvalue weighted by Crippen LogP contribution is 2.32. The molecule has 0 radical (unpaired) electrons. The Hall–Kier alpha value is -2.63. The van der Waals surface area contributed by atoms with E-state index in [0.717, 1.165) is 0 Å². The van der Waals surface area contributed by atoms with Crippen molar-refractivity contribution in [2.24, 2.45) is 0 Å². The number of anilines is 2. The van der Waals surface area contributed by atoms with Crippen molar-refractivity contribution in [2.45, 2.75) is 0 Å². The van der Waals surface area contributed by atoms with Gasteiger partial charge >= 0.3 is 0 Å². The summed E-state index contributed by atoms with van der Waals surface area (Å²) in [5.74, 6) is -0.164. The highest BCUT2D eigenvalue weighted by Gasteiger charge is 2.14. The fraction of sp³-hybridized carbons (Fsp3) is 0.0769. The first-order valence-electron chi connectivity index (χ1n) is 5.46. The lowest BCUT2D eigenvalue weighted by Gasteiger charge is -2.11. The van der Waals surface area contributed by atoms with Crippen molar-refractivity contribution in [1.82, 2.24) is 0 Å². The number of methoxy groups -OCH3 is 1. The monoisotopic (exact) mass is 262 g/mol. The Morgan fingerprint density at radius 1 is 1.21 bits per heavy atom. The van der Waals surface area contributed by atoms with Crippen molar-refractivity contribution < 1.29 is 14.1 Å². The third-order valence-electron chi connectivity index (χ3n) is 2.53. The molecule has 0 aliphatic heterocycles. The number of nitro groups is 1. The van der Waals surface area contributed by atoms with E-state index in [1.54, 1.807) is 18.2 Å². The molecule has 1 N–H and O–H groups in total. The van der Waals surface area contributed by atoms with Gasteiger partial charge in [-0.25, -0.2) is 4.39 Å². The highest BCUT2D eigenvalue weighted by atomic mass is 19.1. The first-order valence-corrected chi connectivity index (χ1v) is 5.46. The maximum absolute atomic E-state index is 13.1. The second kappa shape index (κ2) is 5.34. The zero-order valence-corrected chi connectivity index (χ0v) is 10.1. The van der Waals surface area contributed by atoms with Gasteiger partial charge in [0.05, 0.1) is 17.7 Å². The third kappa shape index (κ3) is 2.79. The summed E-state index contributed by atoms with van der Waals surface area (Å²) in [6.45, 7) is 0. The lowest BCUT2D eigenvalue weighted by molar-refractivity contribution is -0.383. The van der Waals surface area contributed by atoms with Gasteiger partial charge in [-0.1, -0.05) is 12.1 Å². The zero-order valence-electron chi connectivity index (χ0n) is 10.1. The van der Waals surface area contributed by atoms with Crippen LogP contribution in [0, 0.1) is 15.9 Å². The molecular weight excluding hydrogens is 251 g/mol. The predicted molar refractivity (Wildman–Crippen MR) is 69.3 cm³/mol.